The van der Waals surface area contributed by atoms with Gasteiger partial charge in [0.05, 0.1) is 29.0 Å². The number of nitrogens with zero attached hydrogens (tertiary/aromatic N) is 3. The van der Waals surface area contributed by atoms with E-state index in [4.69, 9.17) is 9.47 Å². The summed E-state index contributed by atoms with van der Waals surface area (Å²) in [5, 5.41) is 5.53. The highest BCUT2D eigenvalue weighted by atomic mass is 32.1. The Morgan fingerprint density at radius 3 is 3.00 bits per heavy atom. The number of anilines is 1. The molecule has 1 N–H and O–H groups in total. The Kier molecular flexibility index (Phi) is 6.39. The zero-order chi connectivity index (χ0) is 18.5. The second kappa shape index (κ2) is 8.75. The standard InChI is InChI=1S/C18H26N4O3S/c1-22(7-8-24-2)18(23)12-4-5-15(25-3)14(10-12)21-17-16-13(6-9-26-16)19-11-20-17/h6,9,11-12,14-15H,4-5,7-8,10H2,1-3H3,(H,19,20,21)/t12-,14+,15+/m0/s1. The Morgan fingerprint density at radius 2 is 2.23 bits per heavy atom. The van der Waals surface area contributed by atoms with E-state index in [9.17, 15) is 4.79 Å². The third-order valence-corrected chi connectivity index (χ3v) is 5.92. The summed E-state index contributed by atoms with van der Waals surface area (Å²) < 4.78 is 11.8. The number of aromatic nitrogens is 2. The lowest BCUT2D eigenvalue weighted by Crippen LogP contribution is -2.46. The van der Waals surface area contributed by atoms with Crippen molar-refractivity contribution in [2.75, 3.05) is 39.7 Å². The van der Waals surface area contributed by atoms with Crippen molar-refractivity contribution in [1.29, 1.82) is 0 Å². The van der Waals surface area contributed by atoms with Crippen LogP contribution in [0, 0.1) is 5.92 Å². The van der Waals surface area contributed by atoms with Crippen LogP contribution in [-0.2, 0) is 14.3 Å². The molecule has 0 aromatic carbocycles. The van der Waals surface area contributed by atoms with Gasteiger partial charge in [-0.3, -0.25) is 4.79 Å². The van der Waals surface area contributed by atoms with Crippen molar-refractivity contribution in [3.8, 4) is 0 Å². The molecule has 0 spiro atoms. The van der Waals surface area contributed by atoms with Gasteiger partial charge in [-0.25, -0.2) is 9.97 Å². The number of carbonyl (C=O) groups is 1. The predicted octanol–water partition coefficient (Wildman–Crippen LogP) is 2.39. The van der Waals surface area contributed by atoms with Gasteiger partial charge < -0.3 is 19.7 Å². The molecular weight excluding hydrogens is 352 g/mol. The van der Waals surface area contributed by atoms with Gasteiger partial charge in [-0.05, 0) is 30.7 Å². The second-order valence-electron chi connectivity index (χ2n) is 6.64. The van der Waals surface area contributed by atoms with Gasteiger partial charge in [0.25, 0.3) is 0 Å². The van der Waals surface area contributed by atoms with Crippen molar-refractivity contribution in [1.82, 2.24) is 14.9 Å². The molecule has 2 heterocycles. The summed E-state index contributed by atoms with van der Waals surface area (Å²) in [5.74, 6) is 0.978. The van der Waals surface area contributed by atoms with Gasteiger partial charge in [0.15, 0.2) is 0 Å². The number of rotatable bonds is 7. The van der Waals surface area contributed by atoms with Crippen LogP contribution < -0.4 is 5.32 Å². The molecule has 1 aliphatic rings. The molecule has 26 heavy (non-hydrogen) atoms. The van der Waals surface area contributed by atoms with Crippen LogP contribution in [0.5, 0.6) is 0 Å². The quantitative estimate of drug-likeness (QED) is 0.797. The highest BCUT2D eigenvalue weighted by Gasteiger charge is 2.35. The van der Waals surface area contributed by atoms with Crippen LogP contribution in [0.4, 0.5) is 5.82 Å². The number of fused-ring (bicyclic) bond motifs is 1. The number of methoxy groups -OCH3 is 2. The van der Waals surface area contributed by atoms with Crippen LogP contribution in [0.3, 0.4) is 0 Å². The average Bonchev–Trinajstić information content (AvgIpc) is 3.15. The average molecular weight is 378 g/mol. The van der Waals surface area contributed by atoms with E-state index in [0.717, 1.165) is 35.3 Å². The fourth-order valence-electron chi connectivity index (χ4n) is 3.52. The van der Waals surface area contributed by atoms with Crippen molar-refractivity contribution in [3.63, 3.8) is 0 Å². The van der Waals surface area contributed by atoms with Crippen molar-refractivity contribution < 1.29 is 14.3 Å². The summed E-state index contributed by atoms with van der Waals surface area (Å²) in [6, 6.07) is 2.03. The van der Waals surface area contributed by atoms with Crippen LogP contribution in [0.15, 0.2) is 17.8 Å². The van der Waals surface area contributed by atoms with Crippen molar-refractivity contribution in [2.24, 2.45) is 5.92 Å². The molecule has 1 fully saturated rings. The highest BCUT2D eigenvalue weighted by molar-refractivity contribution is 7.17. The Labute approximate surface area is 157 Å². The predicted molar refractivity (Wildman–Crippen MR) is 102 cm³/mol. The summed E-state index contributed by atoms with van der Waals surface area (Å²) >= 11 is 1.62. The summed E-state index contributed by atoms with van der Waals surface area (Å²) in [5.41, 5.74) is 0.934. The molecule has 142 valence electrons. The number of nitrogens with one attached hydrogen (secondary N) is 1. The number of thiophene rings is 1. The fourth-order valence-corrected chi connectivity index (χ4v) is 4.32. The molecule has 0 unspecified atom stereocenters. The van der Waals surface area contributed by atoms with Gasteiger partial charge >= 0.3 is 0 Å². The zero-order valence-electron chi connectivity index (χ0n) is 15.5. The molecule has 2 aromatic rings. The minimum absolute atomic E-state index is 0.0126. The Bertz CT molecular complexity index is 738. The SMILES string of the molecule is COCCN(C)C(=O)[C@H]1CC[C@@H](OC)[C@H](Nc2ncnc3ccsc23)C1. The van der Waals surface area contributed by atoms with Crippen LogP contribution in [-0.4, -0.2) is 67.3 Å². The Morgan fingerprint density at radius 1 is 1.38 bits per heavy atom. The lowest BCUT2D eigenvalue weighted by molar-refractivity contribution is -0.136. The summed E-state index contributed by atoms with van der Waals surface area (Å²) in [6.07, 6.45) is 4.05. The molecule has 1 saturated carbocycles. The van der Waals surface area contributed by atoms with E-state index in [1.807, 2.05) is 18.5 Å². The molecular formula is C18H26N4O3S. The fraction of sp³-hybridized carbons (Fsp3) is 0.611. The molecule has 0 bridgehead atoms. The highest BCUT2D eigenvalue weighted by Crippen LogP contribution is 2.32. The van der Waals surface area contributed by atoms with Crippen molar-refractivity contribution in [3.05, 3.63) is 17.8 Å². The van der Waals surface area contributed by atoms with Crippen LogP contribution >= 0.6 is 11.3 Å². The number of ether oxygens (including phenoxy) is 2. The normalized spacial score (nSPS) is 23.1. The maximum absolute atomic E-state index is 12.7. The molecule has 8 heteroatoms. The van der Waals surface area contributed by atoms with E-state index in [2.05, 4.69) is 15.3 Å². The third-order valence-electron chi connectivity index (χ3n) is 5.01. The number of carbonyl (C=O) groups excluding carboxylic acids is 1. The minimum Gasteiger partial charge on any atom is -0.383 e. The van der Waals surface area contributed by atoms with E-state index < -0.39 is 0 Å². The number of amides is 1. The monoisotopic (exact) mass is 378 g/mol. The molecule has 0 saturated heterocycles. The molecule has 0 aliphatic heterocycles. The first kappa shape index (κ1) is 19.0. The molecule has 0 radical (unpaired) electrons. The summed E-state index contributed by atoms with van der Waals surface area (Å²) in [7, 11) is 5.22. The van der Waals surface area contributed by atoms with E-state index in [1.165, 1.54) is 0 Å². The van der Waals surface area contributed by atoms with Crippen molar-refractivity contribution in [2.45, 2.75) is 31.4 Å². The van der Waals surface area contributed by atoms with E-state index >= 15 is 0 Å². The van der Waals surface area contributed by atoms with Gasteiger partial charge in [0.2, 0.25) is 5.91 Å². The van der Waals surface area contributed by atoms with Gasteiger partial charge in [0, 0.05) is 33.7 Å². The smallest absolute Gasteiger partial charge is 0.225 e. The molecule has 1 amide bonds. The maximum atomic E-state index is 12.7. The van der Waals surface area contributed by atoms with E-state index in [-0.39, 0.29) is 24.0 Å². The number of likely N-dealkylation sites (N-methyl/N-ethyl adjacent to an activating group) is 1. The van der Waals surface area contributed by atoms with Crippen LogP contribution in [0.1, 0.15) is 19.3 Å². The van der Waals surface area contributed by atoms with Gasteiger partial charge in [-0.1, -0.05) is 0 Å². The van der Waals surface area contributed by atoms with Gasteiger partial charge in [-0.2, -0.15) is 0 Å². The zero-order valence-corrected chi connectivity index (χ0v) is 16.3. The third kappa shape index (κ3) is 4.13. The first-order chi connectivity index (χ1) is 12.6. The first-order valence-corrected chi connectivity index (χ1v) is 9.73. The summed E-state index contributed by atoms with van der Waals surface area (Å²) in [4.78, 5) is 23.2. The van der Waals surface area contributed by atoms with Crippen molar-refractivity contribution >= 4 is 33.3 Å². The number of hydrogen-bond donors (Lipinski definition) is 1. The van der Waals surface area contributed by atoms with E-state index in [0.29, 0.717) is 13.2 Å². The summed E-state index contributed by atoms with van der Waals surface area (Å²) in [6.45, 7) is 1.16. The molecule has 3 atom stereocenters. The molecule has 3 rings (SSSR count). The van der Waals surface area contributed by atoms with E-state index in [1.54, 1.807) is 36.8 Å². The lowest BCUT2D eigenvalue weighted by atomic mass is 9.82. The second-order valence-corrected chi connectivity index (χ2v) is 7.56. The molecule has 1 aliphatic carbocycles. The van der Waals surface area contributed by atoms with Gasteiger partial charge in [0.1, 0.15) is 12.1 Å². The number of hydrogen-bond acceptors (Lipinski definition) is 7. The molecule has 7 nitrogen and oxygen atoms in total. The topological polar surface area (TPSA) is 76.6 Å². The Balaban J connectivity index is 1.72. The maximum Gasteiger partial charge on any atom is 0.225 e. The Hall–Kier alpha value is -1.77. The van der Waals surface area contributed by atoms with Gasteiger partial charge in [-0.15, -0.1) is 11.3 Å². The van der Waals surface area contributed by atoms with Crippen LogP contribution in [0.2, 0.25) is 0 Å². The minimum atomic E-state index is -0.0126. The van der Waals surface area contributed by atoms with Crippen LogP contribution in [0.25, 0.3) is 10.2 Å². The molecule has 2 aromatic heterocycles. The largest absolute Gasteiger partial charge is 0.383 e. The first-order valence-electron chi connectivity index (χ1n) is 8.85. The lowest BCUT2D eigenvalue weighted by Gasteiger charge is -2.36.